The fourth-order valence-corrected chi connectivity index (χ4v) is 3.78. The van der Waals surface area contributed by atoms with E-state index in [2.05, 4.69) is 0 Å². The second kappa shape index (κ2) is 5.15. The third-order valence-electron chi connectivity index (χ3n) is 5.37. The number of phenolic OH excluding ortho intramolecular Hbond substituents is 1. The molecule has 2 aliphatic carbocycles. The SMILES string of the molecule is CCC1=C(C)C(=O)c2cc3c(c(O)c2C1=O)C(O)=C(C)C(=O)C3(C)C. The van der Waals surface area contributed by atoms with E-state index in [4.69, 9.17) is 0 Å². The summed E-state index contributed by atoms with van der Waals surface area (Å²) in [6.45, 7) is 8.19. The fourth-order valence-electron chi connectivity index (χ4n) is 3.78. The standard InChI is InChI=1S/C20H20O5/c1-6-10-8(2)15(21)11-7-12-14(18(24)13(11)17(10)23)16(22)9(3)19(25)20(12,4)5/h7,22,24H,6H2,1-5H3. The maximum absolute atomic E-state index is 12.8. The second-order valence-corrected chi connectivity index (χ2v) is 7.11. The van der Waals surface area contributed by atoms with Gasteiger partial charge in [-0.15, -0.1) is 0 Å². The van der Waals surface area contributed by atoms with Crippen molar-refractivity contribution in [2.75, 3.05) is 0 Å². The molecular formula is C20H20O5. The van der Waals surface area contributed by atoms with Gasteiger partial charge in [0.1, 0.15) is 11.5 Å². The summed E-state index contributed by atoms with van der Waals surface area (Å²) in [6.07, 6.45) is 0.372. The number of ketones is 3. The molecule has 2 N–H and O–H groups in total. The Labute approximate surface area is 145 Å². The van der Waals surface area contributed by atoms with E-state index in [1.165, 1.54) is 13.0 Å². The van der Waals surface area contributed by atoms with Crippen molar-refractivity contribution in [2.24, 2.45) is 0 Å². The molecule has 0 radical (unpaired) electrons. The van der Waals surface area contributed by atoms with Gasteiger partial charge < -0.3 is 10.2 Å². The first-order valence-electron chi connectivity index (χ1n) is 8.20. The van der Waals surface area contributed by atoms with E-state index in [1.807, 2.05) is 0 Å². The Morgan fingerprint density at radius 3 is 2.12 bits per heavy atom. The smallest absolute Gasteiger partial charge is 0.193 e. The number of aliphatic hydroxyl groups is 1. The molecule has 0 atom stereocenters. The maximum Gasteiger partial charge on any atom is 0.193 e. The summed E-state index contributed by atoms with van der Waals surface area (Å²) >= 11 is 0. The number of carbonyl (C=O) groups is 3. The van der Waals surface area contributed by atoms with Crippen LogP contribution in [-0.4, -0.2) is 27.6 Å². The molecule has 1 aromatic rings. The number of hydrogen-bond donors (Lipinski definition) is 2. The van der Waals surface area contributed by atoms with Gasteiger partial charge in [-0.25, -0.2) is 0 Å². The summed E-state index contributed by atoms with van der Waals surface area (Å²) in [5.74, 6) is -1.80. The summed E-state index contributed by atoms with van der Waals surface area (Å²) in [5, 5.41) is 21.2. The number of hydrogen-bond acceptors (Lipinski definition) is 5. The van der Waals surface area contributed by atoms with Gasteiger partial charge >= 0.3 is 0 Å². The predicted octanol–water partition coefficient (Wildman–Crippen LogP) is 3.65. The number of benzene rings is 1. The van der Waals surface area contributed by atoms with Gasteiger partial charge in [-0.05, 0) is 45.7 Å². The highest BCUT2D eigenvalue weighted by Gasteiger charge is 2.44. The Kier molecular flexibility index (Phi) is 3.53. The summed E-state index contributed by atoms with van der Waals surface area (Å²) in [4.78, 5) is 38.1. The number of aliphatic hydroxyl groups excluding tert-OH is 1. The molecule has 25 heavy (non-hydrogen) atoms. The zero-order valence-electron chi connectivity index (χ0n) is 14.9. The van der Waals surface area contributed by atoms with Crippen molar-refractivity contribution in [2.45, 2.75) is 46.5 Å². The minimum absolute atomic E-state index is 0.0667. The van der Waals surface area contributed by atoms with Crippen molar-refractivity contribution in [3.05, 3.63) is 45.0 Å². The fraction of sp³-hybridized carbons (Fsp3) is 0.350. The lowest BCUT2D eigenvalue weighted by Crippen LogP contribution is -2.36. The van der Waals surface area contributed by atoms with E-state index >= 15 is 0 Å². The number of aromatic hydroxyl groups is 1. The van der Waals surface area contributed by atoms with Crippen LogP contribution in [0.4, 0.5) is 0 Å². The summed E-state index contributed by atoms with van der Waals surface area (Å²) in [5.41, 5.74) is 0.242. The van der Waals surface area contributed by atoms with Gasteiger partial charge in [0.25, 0.3) is 0 Å². The van der Waals surface area contributed by atoms with Crippen LogP contribution >= 0.6 is 0 Å². The van der Waals surface area contributed by atoms with Gasteiger partial charge in [0.05, 0.1) is 16.5 Å². The average molecular weight is 340 g/mol. The Morgan fingerprint density at radius 2 is 1.56 bits per heavy atom. The highest BCUT2D eigenvalue weighted by atomic mass is 16.3. The summed E-state index contributed by atoms with van der Waals surface area (Å²) < 4.78 is 0. The highest BCUT2D eigenvalue weighted by Crippen LogP contribution is 2.47. The second-order valence-electron chi connectivity index (χ2n) is 7.11. The summed E-state index contributed by atoms with van der Waals surface area (Å²) in [6, 6.07) is 1.47. The first kappa shape index (κ1) is 17.1. The molecule has 0 saturated carbocycles. The normalized spacial score (nSPS) is 19.3. The van der Waals surface area contributed by atoms with Crippen LogP contribution < -0.4 is 0 Å². The van der Waals surface area contributed by atoms with Crippen LogP contribution in [-0.2, 0) is 10.2 Å². The van der Waals surface area contributed by atoms with Gasteiger partial charge in [-0.3, -0.25) is 14.4 Å². The van der Waals surface area contributed by atoms with Gasteiger partial charge in [-0.1, -0.05) is 6.92 Å². The lowest BCUT2D eigenvalue weighted by Gasteiger charge is -2.33. The van der Waals surface area contributed by atoms with Crippen LogP contribution in [0.5, 0.6) is 5.75 Å². The van der Waals surface area contributed by atoms with Gasteiger partial charge in [0, 0.05) is 22.3 Å². The van der Waals surface area contributed by atoms with Crippen molar-refractivity contribution >= 4 is 23.1 Å². The van der Waals surface area contributed by atoms with E-state index in [9.17, 15) is 24.6 Å². The third kappa shape index (κ3) is 1.98. The first-order valence-corrected chi connectivity index (χ1v) is 8.20. The molecule has 130 valence electrons. The highest BCUT2D eigenvalue weighted by molar-refractivity contribution is 6.28. The van der Waals surface area contributed by atoms with Crippen molar-refractivity contribution < 1.29 is 24.6 Å². The molecule has 0 amide bonds. The molecule has 1 aromatic carbocycles. The van der Waals surface area contributed by atoms with Crippen LogP contribution in [0.1, 0.15) is 72.9 Å². The van der Waals surface area contributed by atoms with Crippen LogP contribution in [0.3, 0.4) is 0 Å². The molecule has 0 heterocycles. The maximum atomic E-state index is 12.8. The van der Waals surface area contributed by atoms with E-state index < -0.39 is 16.9 Å². The lowest BCUT2D eigenvalue weighted by atomic mass is 9.68. The monoisotopic (exact) mass is 340 g/mol. The Hall–Kier alpha value is -2.69. The van der Waals surface area contributed by atoms with E-state index in [0.29, 0.717) is 23.1 Å². The zero-order chi connectivity index (χ0) is 18.8. The van der Waals surface area contributed by atoms with Crippen LogP contribution in [0.25, 0.3) is 5.76 Å². The average Bonchev–Trinajstić information content (AvgIpc) is 2.56. The number of phenols is 1. The number of rotatable bonds is 1. The van der Waals surface area contributed by atoms with Crippen molar-refractivity contribution in [1.82, 2.24) is 0 Å². The molecule has 0 fully saturated rings. The lowest BCUT2D eigenvalue weighted by molar-refractivity contribution is -0.120. The number of Topliss-reactive ketones (excluding diaryl/α,β-unsaturated/α-hetero) is 3. The Morgan fingerprint density at radius 1 is 0.960 bits per heavy atom. The van der Waals surface area contributed by atoms with Crippen LogP contribution in [0.2, 0.25) is 0 Å². The predicted molar refractivity (Wildman–Crippen MR) is 93.0 cm³/mol. The molecule has 0 spiro atoms. The first-order chi connectivity index (χ1) is 11.6. The topological polar surface area (TPSA) is 91.7 Å². The van der Waals surface area contributed by atoms with E-state index in [-0.39, 0.29) is 39.6 Å². The molecule has 2 aliphatic rings. The van der Waals surface area contributed by atoms with Crippen LogP contribution in [0.15, 0.2) is 22.8 Å². The number of carbonyl (C=O) groups excluding carboxylic acids is 3. The minimum atomic E-state index is -1.02. The van der Waals surface area contributed by atoms with Gasteiger partial charge in [-0.2, -0.15) is 0 Å². The molecule has 5 nitrogen and oxygen atoms in total. The van der Waals surface area contributed by atoms with Crippen molar-refractivity contribution in [1.29, 1.82) is 0 Å². The van der Waals surface area contributed by atoms with Crippen molar-refractivity contribution in [3.63, 3.8) is 0 Å². The molecule has 5 heteroatoms. The Balaban J connectivity index is 2.46. The third-order valence-corrected chi connectivity index (χ3v) is 5.37. The number of allylic oxidation sites excluding steroid dienone is 3. The zero-order valence-corrected chi connectivity index (χ0v) is 14.9. The van der Waals surface area contributed by atoms with Gasteiger partial charge in [0.15, 0.2) is 17.3 Å². The quantitative estimate of drug-likeness (QED) is 0.814. The largest absolute Gasteiger partial charge is 0.507 e. The molecule has 0 aliphatic heterocycles. The summed E-state index contributed by atoms with van der Waals surface area (Å²) in [7, 11) is 0. The molecular weight excluding hydrogens is 320 g/mol. The molecule has 3 rings (SSSR count). The minimum Gasteiger partial charge on any atom is -0.507 e. The van der Waals surface area contributed by atoms with Gasteiger partial charge in [0.2, 0.25) is 0 Å². The van der Waals surface area contributed by atoms with E-state index in [1.54, 1.807) is 27.7 Å². The number of fused-ring (bicyclic) bond motifs is 2. The Bertz CT molecular complexity index is 941. The molecule has 0 aromatic heterocycles. The van der Waals surface area contributed by atoms with E-state index in [0.717, 1.165) is 0 Å². The molecule has 0 bridgehead atoms. The van der Waals surface area contributed by atoms with Crippen molar-refractivity contribution in [3.8, 4) is 5.75 Å². The van der Waals surface area contributed by atoms with Crippen LogP contribution in [0, 0.1) is 0 Å². The molecule has 0 saturated heterocycles. The molecule has 0 unspecified atom stereocenters.